The molecule has 0 spiro atoms. The molecule has 1 saturated heterocycles. The van der Waals surface area contributed by atoms with Crippen LogP contribution < -0.4 is 25.7 Å². The van der Waals surface area contributed by atoms with E-state index in [2.05, 4.69) is 41.4 Å². The van der Waals surface area contributed by atoms with Crippen molar-refractivity contribution < 1.29 is 54.6 Å². The summed E-state index contributed by atoms with van der Waals surface area (Å²) in [4.78, 5) is 72.5. The minimum atomic E-state index is -4.18. The lowest BCUT2D eigenvalue weighted by Gasteiger charge is -2.29. The standard InChI is InChI=1S/C36H46F4N6O9S.C4H10/c1-4-19-10-14-46(27(19)30(48)44-35(17-22(35)29(37)38)32(50)45-56(52,53)34(2)12-13-34)26(47)18-41-33(51)55-25-15-20(25)7-5-6-11-36(39,40)28-31(49)43-24-16-21(54-3)8-9-23(24)42-28;1-4(2)3/h8-9,16,19-20,22,25,27,29H,4-7,10-15,17-18H2,1-3H3,(H,41,51)(H,43,49)(H,44,48)(H,45,50);4H,1-3H3/t19-,20-,22+,25-,27+,35-;/m1./s1. The van der Waals surface area contributed by atoms with E-state index in [0.717, 1.165) is 5.92 Å². The molecule has 4 N–H and O–H groups in total. The number of carbonyl (C=O) groups is 4. The van der Waals surface area contributed by atoms with Crippen LogP contribution in [0.5, 0.6) is 5.75 Å². The lowest BCUT2D eigenvalue weighted by Crippen LogP contribution is -2.59. The van der Waals surface area contributed by atoms with Gasteiger partial charge in [0.2, 0.25) is 28.3 Å². The first-order chi connectivity index (χ1) is 28.1. The van der Waals surface area contributed by atoms with E-state index in [9.17, 15) is 50.0 Å². The van der Waals surface area contributed by atoms with Crippen molar-refractivity contribution in [1.82, 2.24) is 30.2 Å². The predicted molar refractivity (Wildman–Crippen MR) is 212 cm³/mol. The van der Waals surface area contributed by atoms with Crippen molar-refractivity contribution in [2.24, 2.45) is 23.7 Å². The Morgan fingerprint density at radius 2 is 1.78 bits per heavy atom. The number of amides is 4. The van der Waals surface area contributed by atoms with E-state index < -0.39 is 111 Å². The van der Waals surface area contributed by atoms with Crippen molar-refractivity contribution in [2.45, 2.75) is 134 Å². The summed E-state index contributed by atoms with van der Waals surface area (Å²) in [5.74, 6) is -7.07. The number of methoxy groups -OCH3 is 1. The molecule has 2 heterocycles. The Bertz CT molecular complexity index is 2100. The number of hydrogen-bond acceptors (Lipinski definition) is 10. The van der Waals surface area contributed by atoms with Crippen LogP contribution in [0.2, 0.25) is 0 Å². The fraction of sp³-hybridized carbons (Fsp3) is 0.700. The lowest BCUT2D eigenvalue weighted by atomic mass is 9.96. The Kier molecular flexibility index (Phi) is 14.2. The molecule has 334 valence electrons. The van der Waals surface area contributed by atoms with E-state index >= 15 is 0 Å². The number of alkyl halides is 4. The van der Waals surface area contributed by atoms with Gasteiger partial charge in [0.05, 0.1) is 28.8 Å². The van der Waals surface area contributed by atoms with Crippen LogP contribution >= 0.6 is 0 Å². The van der Waals surface area contributed by atoms with Gasteiger partial charge in [-0.3, -0.25) is 23.9 Å². The molecular weight excluding hydrogens is 817 g/mol. The van der Waals surface area contributed by atoms with Crippen LogP contribution in [0.15, 0.2) is 23.0 Å². The number of unbranched alkanes of at least 4 members (excludes halogenated alkanes) is 1. The monoisotopic (exact) mass is 872 g/mol. The molecule has 2 aromatic rings. The Balaban J connectivity index is 0.00000163. The van der Waals surface area contributed by atoms with Gasteiger partial charge >= 0.3 is 6.09 Å². The Hall–Kier alpha value is -4.49. The highest BCUT2D eigenvalue weighted by atomic mass is 32.2. The summed E-state index contributed by atoms with van der Waals surface area (Å²) in [6.07, 6.45) is -2.67. The molecule has 4 amide bonds. The molecule has 0 bridgehead atoms. The van der Waals surface area contributed by atoms with Crippen molar-refractivity contribution in [2.75, 3.05) is 20.2 Å². The number of halogens is 4. The Morgan fingerprint density at radius 1 is 1.10 bits per heavy atom. The molecule has 3 saturated carbocycles. The average Bonchev–Trinajstić information content (AvgIpc) is 4.13. The molecule has 20 heteroatoms. The maximum absolute atomic E-state index is 15.0. The van der Waals surface area contributed by atoms with Gasteiger partial charge in [0, 0.05) is 19.0 Å². The Labute approximate surface area is 346 Å². The van der Waals surface area contributed by atoms with Gasteiger partial charge in [0.1, 0.15) is 30.0 Å². The number of hydrogen-bond donors (Lipinski definition) is 4. The molecule has 1 aromatic heterocycles. The summed E-state index contributed by atoms with van der Waals surface area (Å²) in [5.41, 5.74) is -3.55. The maximum Gasteiger partial charge on any atom is 0.407 e. The van der Waals surface area contributed by atoms with Gasteiger partial charge in [0.15, 0.2) is 5.69 Å². The van der Waals surface area contributed by atoms with Crippen molar-refractivity contribution >= 4 is 44.9 Å². The van der Waals surface area contributed by atoms with Gasteiger partial charge in [-0.25, -0.2) is 27.0 Å². The number of fused-ring (bicyclic) bond motifs is 1. The van der Waals surface area contributed by atoms with Crippen LogP contribution in [0.3, 0.4) is 0 Å². The van der Waals surface area contributed by atoms with E-state index in [0.29, 0.717) is 50.7 Å². The molecule has 6 atom stereocenters. The summed E-state index contributed by atoms with van der Waals surface area (Å²) in [6.45, 7) is 9.26. The average molecular weight is 873 g/mol. The molecule has 0 radical (unpaired) electrons. The number of nitrogens with one attached hydrogen (secondary N) is 4. The van der Waals surface area contributed by atoms with Gasteiger partial charge in [-0.2, -0.15) is 8.78 Å². The van der Waals surface area contributed by atoms with Crippen molar-refractivity contribution in [3.63, 3.8) is 0 Å². The highest BCUT2D eigenvalue weighted by molar-refractivity contribution is 7.91. The first kappa shape index (κ1) is 46.6. The third kappa shape index (κ3) is 10.7. The quantitative estimate of drug-likeness (QED) is 0.122. The van der Waals surface area contributed by atoms with E-state index in [1.807, 2.05) is 4.72 Å². The minimum absolute atomic E-state index is 0.0784. The van der Waals surface area contributed by atoms with Gasteiger partial charge in [-0.15, -0.1) is 0 Å². The van der Waals surface area contributed by atoms with Crippen LogP contribution in [0.1, 0.15) is 105 Å². The summed E-state index contributed by atoms with van der Waals surface area (Å²) in [5, 5.41) is 4.73. The number of benzene rings is 1. The number of likely N-dealkylation sites (tertiary alicyclic amines) is 1. The Morgan fingerprint density at radius 3 is 2.38 bits per heavy atom. The van der Waals surface area contributed by atoms with Crippen LogP contribution in [0.4, 0.5) is 22.4 Å². The van der Waals surface area contributed by atoms with Gasteiger partial charge < -0.3 is 30.0 Å². The predicted octanol–water partition coefficient (Wildman–Crippen LogP) is 5.13. The van der Waals surface area contributed by atoms with E-state index in [-0.39, 0.29) is 29.9 Å². The summed E-state index contributed by atoms with van der Waals surface area (Å²) in [7, 11) is -2.74. The molecule has 60 heavy (non-hydrogen) atoms. The molecule has 3 aliphatic carbocycles. The first-order valence-electron chi connectivity index (χ1n) is 20.4. The zero-order valence-electron chi connectivity index (χ0n) is 34.7. The highest BCUT2D eigenvalue weighted by Crippen LogP contribution is 2.49. The SMILES string of the molecule is CC(C)C.CC[C@@H]1CCN(C(=O)CNC(=O)O[C@@H]2C[C@H]2CCCCC(F)(F)c2nc3ccc(OC)cc3[nH]c2=O)[C@@H]1C(=O)N[C@]1(C(=O)NS(=O)(=O)C2(C)CC2)C[C@H]1C(F)F. The fourth-order valence-corrected chi connectivity index (χ4v) is 8.77. The van der Waals surface area contributed by atoms with Crippen LogP contribution in [-0.2, 0) is 35.1 Å². The van der Waals surface area contributed by atoms with Crippen molar-refractivity contribution in [1.29, 1.82) is 0 Å². The molecule has 1 aliphatic heterocycles. The molecule has 4 aliphatic rings. The number of aromatic amines is 1. The normalized spacial score (nSPS) is 25.3. The molecule has 4 fully saturated rings. The second-order valence-electron chi connectivity index (χ2n) is 17.3. The zero-order chi connectivity index (χ0) is 44.4. The number of nitrogens with zero attached hydrogens (tertiary/aromatic N) is 2. The van der Waals surface area contributed by atoms with Crippen LogP contribution in [0.25, 0.3) is 11.0 Å². The van der Waals surface area contributed by atoms with E-state index in [1.54, 1.807) is 13.0 Å². The largest absolute Gasteiger partial charge is 0.497 e. The molecular formula is C40H56F4N6O9S. The first-order valence-corrected chi connectivity index (χ1v) is 21.9. The third-order valence-corrected chi connectivity index (χ3v) is 13.8. The highest BCUT2D eigenvalue weighted by Gasteiger charge is 2.67. The van der Waals surface area contributed by atoms with Crippen molar-refractivity contribution in [3.8, 4) is 5.75 Å². The zero-order valence-corrected chi connectivity index (χ0v) is 35.6. The maximum atomic E-state index is 15.0. The summed E-state index contributed by atoms with van der Waals surface area (Å²) in [6, 6.07) is 3.35. The smallest absolute Gasteiger partial charge is 0.407 e. The molecule has 15 nitrogen and oxygen atoms in total. The molecule has 0 unspecified atom stereocenters. The number of sulfonamides is 1. The number of rotatable bonds is 17. The summed E-state index contributed by atoms with van der Waals surface area (Å²) < 4.78 is 94.2. The van der Waals surface area contributed by atoms with E-state index in [1.165, 1.54) is 31.1 Å². The summed E-state index contributed by atoms with van der Waals surface area (Å²) >= 11 is 0. The number of aromatic nitrogens is 2. The van der Waals surface area contributed by atoms with Gasteiger partial charge in [-0.1, -0.05) is 40.5 Å². The second kappa shape index (κ2) is 18.2. The lowest BCUT2D eigenvalue weighted by molar-refractivity contribution is -0.140. The third-order valence-electron chi connectivity index (χ3n) is 11.6. The van der Waals surface area contributed by atoms with Gasteiger partial charge in [-0.05, 0) is 81.8 Å². The minimum Gasteiger partial charge on any atom is -0.497 e. The van der Waals surface area contributed by atoms with Crippen molar-refractivity contribution in [3.05, 3.63) is 34.2 Å². The molecule has 6 rings (SSSR count). The van der Waals surface area contributed by atoms with Crippen LogP contribution in [0, 0.1) is 23.7 Å². The van der Waals surface area contributed by atoms with Gasteiger partial charge in [0.25, 0.3) is 17.4 Å². The number of H-pyrrole nitrogens is 1. The second-order valence-corrected chi connectivity index (χ2v) is 19.4. The fourth-order valence-electron chi connectivity index (χ4n) is 7.46. The number of ether oxygens (including phenoxy) is 2. The van der Waals surface area contributed by atoms with E-state index in [4.69, 9.17) is 9.47 Å². The molecule has 1 aromatic carbocycles. The van der Waals surface area contributed by atoms with Crippen LogP contribution in [-0.4, -0.2) is 96.2 Å². The number of alkyl carbamates (subject to hydrolysis) is 1. The number of carbonyl (C=O) groups excluding carboxylic acids is 4. The topological polar surface area (TPSA) is 206 Å².